The molecule has 2 fully saturated rings. The van der Waals surface area contributed by atoms with Crippen LogP contribution in [0, 0.1) is 5.92 Å². The summed E-state index contributed by atoms with van der Waals surface area (Å²) in [6.45, 7) is 3.04. The standard InChI is InChI=1S/C46H65N11O10/c1-27(2)21-33(45(66)67)53-41(62)37-23-29-13-6-7-14-30(29)25-57(37)43(64)34(26-58)54-39(60)32(22-28-11-4-3-5-12-28)52-38(59)24-51-40(61)35-16-9-19-55(35)44(65)36-17-10-20-56(36)42(63)31(47)15-8-18-50-46(48)49/h3-7,11-14,27,31-37,58H,8-10,15-26,47H2,1-2H3,(H,51,61)(H,52,59)(H,53,62)(H,54,60)(H,66,67)(H4,48,49,50)/t31-,32-,33-,34-,35-,36-,37+/m0/s1. The molecule has 0 saturated carbocycles. The number of aliphatic hydroxyl groups is 1. The van der Waals surface area contributed by atoms with Gasteiger partial charge in [-0.15, -0.1) is 0 Å². The molecular formula is C46H65N11O10. The van der Waals surface area contributed by atoms with Crippen LogP contribution in [0.4, 0.5) is 0 Å². The number of nitrogens with one attached hydrogen (secondary N) is 4. The number of nitrogens with zero attached hydrogens (tertiary/aromatic N) is 4. The molecule has 0 aromatic heterocycles. The maximum atomic E-state index is 14.3. The quantitative estimate of drug-likeness (QED) is 0.0381. The zero-order chi connectivity index (χ0) is 48.8. The van der Waals surface area contributed by atoms with E-state index in [1.54, 1.807) is 48.5 Å². The summed E-state index contributed by atoms with van der Waals surface area (Å²) in [4.78, 5) is 116. The Morgan fingerprint density at radius 2 is 1.42 bits per heavy atom. The lowest BCUT2D eigenvalue weighted by atomic mass is 9.92. The van der Waals surface area contributed by atoms with Crippen molar-refractivity contribution in [3.63, 3.8) is 0 Å². The second-order valence-corrected chi connectivity index (χ2v) is 17.7. The summed E-state index contributed by atoms with van der Waals surface area (Å²) >= 11 is 0. The van der Waals surface area contributed by atoms with Gasteiger partial charge in [-0.3, -0.25) is 38.6 Å². The van der Waals surface area contributed by atoms with Crippen LogP contribution in [0.1, 0.15) is 75.5 Å². The SMILES string of the molecule is CC(C)C[C@H](NC(=O)[C@H]1Cc2ccccc2CN1C(=O)[C@H](CO)NC(=O)[C@H](Cc1ccccc1)NC(=O)CNC(=O)[C@@H]1CCCN1C(=O)[C@@H]1CCCN1C(=O)[C@@H](N)CCCN=C(N)N)C(=O)O. The van der Waals surface area contributed by atoms with Crippen LogP contribution < -0.4 is 38.5 Å². The zero-order valence-electron chi connectivity index (χ0n) is 38.1. The normalized spacial score (nSPS) is 19.6. The number of carbonyl (C=O) groups excluding carboxylic acids is 7. The predicted octanol–water partition coefficient (Wildman–Crippen LogP) is -1.76. The lowest BCUT2D eigenvalue weighted by molar-refractivity contribution is -0.148. The van der Waals surface area contributed by atoms with Crippen LogP contribution in [0.25, 0.3) is 0 Å². The average molecular weight is 932 g/mol. The van der Waals surface area contributed by atoms with Crippen molar-refractivity contribution in [2.75, 3.05) is 32.8 Å². The molecule has 364 valence electrons. The molecular weight excluding hydrogens is 867 g/mol. The Morgan fingerprint density at radius 3 is 2.07 bits per heavy atom. The Morgan fingerprint density at radius 1 is 0.761 bits per heavy atom. The molecule has 7 amide bonds. The molecule has 3 aliphatic heterocycles. The maximum Gasteiger partial charge on any atom is 0.326 e. The minimum Gasteiger partial charge on any atom is -0.480 e. The Balaban J connectivity index is 1.23. The summed E-state index contributed by atoms with van der Waals surface area (Å²) in [7, 11) is 0. The highest BCUT2D eigenvalue weighted by molar-refractivity contribution is 5.97. The number of hydrogen-bond acceptors (Lipinski definition) is 11. The van der Waals surface area contributed by atoms with Gasteiger partial charge in [0.2, 0.25) is 41.4 Å². The number of aliphatic carboxylic acids is 1. The lowest BCUT2D eigenvalue weighted by Gasteiger charge is -2.38. The van der Waals surface area contributed by atoms with Crippen LogP contribution in [0.2, 0.25) is 0 Å². The summed E-state index contributed by atoms with van der Waals surface area (Å²) < 4.78 is 0. The maximum absolute atomic E-state index is 14.3. The molecule has 2 aromatic carbocycles. The van der Waals surface area contributed by atoms with Crippen molar-refractivity contribution in [2.45, 2.75) is 120 Å². The summed E-state index contributed by atoms with van der Waals surface area (Å²) in [6.07, 6.45) is 2.75. The number of amides is 7. The van der Waals surface area contributed by atoms with E-state index in [9.17, 15) is 48.6 Å². The largest absolute Gasteiger partial charge is 0.480 e. The first-order valence-corrected chi connectivity index (χ1v) is 22.8. The molecule has 0 bridgehead atoms. The number of carbonyl (C=O) groups is 8. The molecule has 21 nitrogen and oxygen atoms in total. The fourth-order valence-electron chi connectivity index (χ4n) is 8.83. The number of guanidine groups is 1. The summed E-state index contributed by atoms with van der Waals surface area (Å²) in [5.41, 5.74) is 19.1. The smallest absolute Gasteiger partial charge is 0.326 e. The van der Waals surface area contributed by atoms with Gasteiger partial charge in [-0.2, -0.15) is 0 Å². The van der Waals surface area contributed by atoms with Crippen molar-refractivity contribution in [3.8, 4) is 0 Å². The number of hydrogen-bond donors (Lipinski definition) is 9. The molecule has 2 saturated heterocycles. The van der Waals surface area contributed by atoms with Gasteiger partial charge in [-0.1, -0.05) is 68.4 Å². The minimum atomic E-state index is -1.57. The van der Waals surface area contributed by atoms with E-state index in [1.807, 2.05) is 19.9 Å². The highest BCUT2D eigenvalue weighted by atomic mass is 16.4. The van der Waals surface area contributed by atoms with Gasteiger partial charge >= 0.3 is 5.97 Å². The van der Waals surface area contributed by atoms with E-state index in [2.05, 4.69) is 26.3 Å². The monoisotopic (exact) mass is 931 g/mol. The van der Waals surface area contributed by atoms with Crippen molar-refractivity contribution in [2.24, 2.45) is 28.1 Å². The van der Waals surface area contributed by atoms with E-state index in [0.717, 1.165) is 11.1 Å². The molecule has 12 N–H and O–H groups in total. The second-order valence-electron chi connectivity index (χ2n) is 17.7. The third-order valence-electron chi connectivity index (χ3n) is 12.3. The highest BCUT2D eigenvalue weighted by Gasteiger charge is 2.44. The van der Waals surface area contributed by atoms with Gasteiger partial charge in [0, 0.05) is 39.0 Å². The molecule has 0 spiro atoms. The van der Waals surface area contributed by atoms with Crippen LogP contribution in [0.5, 0.6) is 0 Å². The summed E-state index contributed by atoms with van der Waals surface area (Å²) in [5.74, 6) is -5.81. The van der Waals surface area contributed by atoms with Gasteiger partial charge in [-0.25, -0.2) is 4.79 Å². The van der Waals surface area contributed by atoms with Crippen LogP contribution >= 0.6 is 0 Å². The average Bonchev–Trinajstić information content (AvgIpc) is 4.01. The fraction of sp³-hybridized carbons (Fsp3) is 0.543. The van der Waals surface area contributed by atoms with Gasteiger partial charge in [0.05, 0.1) is 19.2 Å². The van der Waals surface area contributed by atoms with Crippen molar-refractivity contribution in [1.82, 2.24) is 36.0 Å². The van der Waals surface area contributed by atoms with Crippen LogP contribution in [0.3, 0.4) is 0 Å². The lowest BCUT2D eigenvalue weighted by Crippen LogP contribution is -2.61. The number of aliphatic imine (C=N–C) groups is 1. The Kier molecular flexibility index (Phi) is 18.6. The van der Waals surface area contributed by atoms with Gasteiger partial charge in [-0.05, 0) is 67.6 Å². The first kappa shape index (κ1) is 51.4. The number of likely N-dealkylation sites (tertiary alicyclic amines) is 2. The minimum absolute atomic E-state index is 0.0469. The summed E-state index contributed by atoms with van der Waals surface area (Å²) in [6, 6.07) is 8.01. The molecule has 21 heteroatoms. The summed E-state index contributed by atoms with van der Waals surface area (Å²) in [5, 5.41) is 30.7. The number of carboxylic acid groups (broad SMARTS) is 1. The molecule has 5 rings (SSSR count). The molecule has 67 heavy (non-hydrogen) atoms. The number of aliphatic hydroxyl groups excluding tert-OH is 1. The van der Waals surface area contributed by atoms with E-state index in [4.69, 9.17) is 17.2 Å². The Hall–Kier alpha value is -6.61. The second kappa shape index (κ2) is 24.2. The predicted molar refractivity (Wildman–Crippen MR) is 245 cm³/mol. The van der Waals surface area contributed by atoms with E-state index < -0.39 is 90.9 Å². The van der Waals surface area contributed by atoms with Crippen molar-refractivity contribution < 1.29 is 48.6 Å². The van der Waals surface area contributed by atoms with Gasteiger partial charge in [0.25, 0.3) is 0 Å². The molecule has 0 unspecified atom stereocenters. The van der Waals surface area contributed by atoms with Crippen molar-refractivity contribution >= 4 is 53.3 Å². The van der Waals surface area contributed by atoms with E-state index >= 15 is 0 Å². The topological polar surface area (TPSA) is 325 Å². The number of rotatable bonds is 21. The molecule has 0 radical (unpaired) electrons. The number of carboxylic acids is 1. The molecule has 3 aliphatic rings. The van der Waals surface area contributed by atoms with Gasteiger partial charge in [0.15, 0.2) is 5.96 Å². The third kappa shape index (κ3) is 14.0. The van der Waals surface area contributed by atoms with Gasteiger partial charge < -0.3 is 63.4 Å². The first-order valence-electron chi connectivity index (χ1n) is 22.8. The van der Waals surface area contributed by atoms with Crippen molar-refractivity contribution in [1.29, 1.82) is 0 Å². The van der Waals surface area contributed by atoms with Gasteiger partial charge in [0.1, 0.15) is 36.3 Å². The number of nitrogens with two attached hydrogens (primary N) is 3. The molecule has 2 aromatic rings. The first-order chi connectivity index (χ1) is 32.0. The molecule has 3 heterocycles. The van der Waals surface area contributed by atoms with E-state index in [0.29, 0.717) is 57.2 Å². The van der Waals surface area contributed by atoms with E-state index in [1.165, 1.54) is 14.7 Å². The Bertz CT molecular complexity index is 2130. The van der Waals surface area contributed by atoms with Crippen LogP contribution in [0.15, 0.2) is 59.6 Å². The fourth-order valence-corrected chi connectivity index (χ4v) is 8.83. The molecule has 7 atom stereocenters. The molecule has 0 aliphatic carbocycles. The number of fused-ring (bicyclic) bond motifs is 1. The zero-order valence-corrected chi connectivity index (χ0v) is 38.1. The van der Waals surface area contributed by atoms with E-state index in [-0.39, 0.29) is 56.0 Å². The number of benzene rings is 2. The van der Waals surface area contributed by atoms with Crippen LogP contribution in [-0.4, -0.2) is 153 Å². The Labute approximate surface area is 389 Å². The van der Waals surface area contributed by atoms with Crippen molar-refractivity contribution in [3.05, 3.63) is 71.3 Å². The highest BCUT2D eigenvalue weighted by Crippen LogP contribution is 2.27. The third-order valence-corrected chi connectivity index (χ3v) is 12.3. The van der Waals surface area contributed by atoms with Crippen LogP contribution in [-0.2, 0) is 57.7 Å².